The lowest BCUT2D eigenvalue weighted by atomic mass is 9.51. The standard InChI is InChI=1S/C24H38N4O3/c1-5-31-22-16-21(24(22)9-6-10-24)27-23(25-2)26-17-7-11-28(12-8-17)18-13-19(29-3)15-20(14-18)30-4/h13-15,17,21-22H,5-12,16H2,1-4H3,(H2,25,26,27). The summed E-state index contributed by atoms with van der Waals surface area (Å²) in [7, 11) is 5.26. The number of methoxy groups -OCH3 is 2. The highest BCUT2D eigenvalue weighted by Crippen LogP contribution is 2.57. The van der Waals surface area contributed by atoms with Crippen LogP contribution >= 0.6 is 0 Å². The van der Waals surface area contributed by atoms with Crippen molar-refractivity contribution in [2.24, 2.45) is 10.4 Å². The van der Waals surface area contributed by atoms with Crippen LogP contribution in [-0.4, -0.2) is 65.1 Å². The topological polar surface area (TPSA) is 67.4 Å². The summed E-state index contributed by atoms with van der Waals surface area (Å²) in [6, 6.07) is 6.99. The quantitative estimate of drug-likeness (QED) is 0.512. The molecular formula is C24H38N4O3. The van der Waals surface area contributed by atoms with E-state index >= 15 is 0 Å². The average Bonchev–Trinajstić information content (AvgIpc) is 2.76. The Hall–Kier alpha value is -2.15. The van der Waals surface area contributed by atoms with E-state index in [0.717, 1.165) is 62.1 Å². The molecule has 2 N–H and O–H groups in total. The number of ether oxygens (including phenoxy) is 3. The van der Waals surface area contributed by atoms with Crippen molar-refractivity contribution in [1.29, 1.82) is 0 Å². The molecule has 0 amide bonds. The van der Waals surface area contributed by atoms with Gasteiger partial charge in [-0.1, -0.05) is 6.42 Å². The van der Waals surface area contributed by atoms with Crippen LogP contribution in [-0.2, 0) is 4.74 Å². The van der Waals surface area contributed by atoms with E-state index in [-0.39, 0.29) is 0 Å². The van der Waals surface area contributed by atoms with E-state index < -0.39 is 0 Å². The number of aliphatic imine (C=N–C) groups is 1. The Kier molecular flexibility index (Phi) is 6.80. The summed E-state index contributed by atoms with van der Waals surface area (Å²) in [5, 5.41) is 7.39. The first kappa shape index (κ1) is 22.1. The van der Waals surface area contributed by atoms with Crippen molar-refractivity contribution in [3.8, 4) is 11.5 Å². The summed E-state index contributed by atoms with van der Waals surface area (Å²) in [6.45, 7) is 4.89. The number of hydrogen-bond donors (Lipinski definition) is 2. The smallest absolute Gasteiger partial charge is 0.191 e. The minimum atomic E-state index is 0.336. The molecule has 2 atom stereocenters. The van der Waals surface area contributed by atoms with Crippen molar-refractivity contribution in [3.63, 3.8) is 0 Å². The fourth-order valence-electron chi connectivity index (χ4n) is 5.43. The van der Waals surface area contributed by atoms with E-state index in [4.69, 9.17) is 14.2 Å². The first-order chi connectivity index (χ1) is 15.1. The molecule has 1 heterocycles. The van der Waals surface area contributed by atoms with E-state index in [2.05, 4.69) is 39.6 Å². The third-order valence-corrected chi connectivity index (χ3v) is 7.51. The molecule has 1 aromatic carbocycles. The molecule has 2 aliphatic carbocycles. The molecule has 1 aromatic rings. The van der Waals surface area contributed by atoms with Gasteiger partial charge in [0.15, 0.2) is 5.96 Å². The van der Waals surface area contributed by atoms with Crippen molar-refractivity contribution in [2.45, 2.75) is 63.6 Å². The molecule has 1 aliphatic heterocycles. The molecule has 172 valence electrons. The monoisotopic (exact) mass is 430 g/mol. The SMILES string of the molecule is CCOC1CC(NC(=NC)NC2CCN(c3cc(OC)cc(OC)c3)CC2)C12CCC2. The molecule has 0 radical (unpaired) electrons. The minimum Gasteiger partial charge on any atom is -0.497 e. The van der Waals surface area contributed by atoms with Crippen LogP contribution in [0.2, 0.25) is 0 Å². The molecule has 4 rings (SSSR count). The maximum absolute atomic E-state index is 5.99. The number of rotatable bonds is 7. The predicted molar refractivity (Wildman–Crippen MR) is 125 cm³/mol. The maximum atomic E-state index is 5.99. The van der Waals surface area contributed by atoms with Gasteiger partial charge in [-0.05, 0) is 39.0 Å². The molecule has 0 aromatic heterocycles. The third kappa shape index (κ3) is 4.43. The van der Waals surface area contributed by atoms with Gasteiger partial charge in [-0.25, -0.2) is 0 Å². The summed E-state index contributed by atoms with van der Waals surface area (Å²) >= 11 is 0. The number of benzene rings is 1. The van der Waals surface area contributed by atoms with Gasteiger partial charge in [-0.2, -0.15) is 0 Å². The van der Waals surface area contributed by atoms with E-state index in [1.165, 1.54) is 19.3 Å². The lowest BCUT2D eigenvalue weighted by Crippen LogP contribution is -2.69. The fourth-order valence-corrected chi connectivity index (χ4v) is 5.43. The second-order valence-electron chi connectivity index (χ2n) is 9.01. The zero-order valence-electron chi connectivity index (χ0n) is 19.4. The number of anilines is 1. The molecule has 0 bridgehead atoms. The van der Waals surface area contributed by atoms with Gasteiger partial charge in [-0.3, -0.25) is 4.99 Å². The van der Waals surface area contributed by atoms with Gasteiger partial charge < -0.3 is 29.7 Å². The van der Waals surface area contributed by atoms with Crippen LogP contribution in [0.3, 0.4) is 0 Å². The minimum absolute atomic E-state index is 0.336. The Bertz CT molecular complexity index is 750. The number of nitrogens with one attached hydrogen (secondary N) is 2. The largest absolute Gasteiger partial charge is 0.497 e. The second kappa shape index (κ2) is 9.55. The van der Waals surface area contributed by atoms with Crippen LogP contribution in [0.25, 0.3) is 0 Å². The van der Waals surface area contributed by atoms with E-state index in [1.807, 2.05) is 13.1 Å². The summed E-state index contributed by atoms with van der Waals surface area (Å²) in [4.78, 5) is 6.93. The first-order valence-corrected chi connectivity index (χ1v) is 11.7. The Labute approximate surface area is 186 Å². The Morgan fingerprint density at radius 3 is 2.29 bits per heavy atom. The highest BCUT2D eigenvalue weighted by atomic mass is 16.5. The lowest BCUT2D eigenvalue weighted by Gasteiger charge is -2.61. The van der Waals surface area contributed by atoms with Gasteiger partial charge in [0, 0.05) is 68.1 Å². The third-order valence-electron chi connectivity index (χ3n) is 7.51. The highest BCUT2D eigenvalue weighted by molar-refractivity contribution is 5.80. The molecule has 2 saturated carbocycles. The van der Waals surface area contributed by atoms with E-state index in [1.54, 1.807) is 14.2 Å². The van der Waals surface area contributed by atoms with Crippen LogP contribution in [0.5, 0.6) is 11.5 Å². The fraction of sp³-hybridized carbons (Fsp3) is 0.708. The molecular weight excluding hydrogens is 392 g/mol. The van der Waals surface area contributed by atoms with Crippen molar-refractivity contribution in [2.75, 3.05) is 45.9 Å². The highest BCUT2D eigenvalue weighted by Gasteiger charge is 2.59. The summed E-state index contributed by atoms with van der Waals surface area (Å²) in [6.07, 6.45) is 7.51. The number of nitrogens with zero attached hydrogens (tertiary/aromatic N) is 2. The second-order valence-corrected chi connectivity index (χ2v) is 9.01. The molecule has 1 spiro atoms. The zero-order chi connectivity index (χ0) is 21.8. The number of piperidine rings is 1. The van der Waals surface area contributed by atoms with E-state index in [0.29, 0.717) is 23.6 Å². The summed E-state index contributed by atoms with van der Waals surface area (Å²) in [5.41, 5.74) is 1.49. The Morgan fingerprint density at radius 2 is 1.77 bits per heavy atom. The normalized spacial score (nSPS) is 25.5. The van der Waals surface area contributed by atoms with Crippen molar-refractivity contribution < 1.29 is 14.2 Å². The van der Waals surface area contributed by atoms with Gasteiger partial charge >= 0.3 is 0 Å². The molecule has 2 unspecified atom stereocenters. The van der Waals surface area contributed by atoms with Gasteiger partial charge in [0.25, 0.3) is 0 Å². The Morgan fingerprint density at radius 1 is 1.10 bits per heavy atom. The molecule has 31 heavy (non-hydrogen) atoms. The summed E-state index contributed by atoms with van der Waals surface area (Å²) in [5.74, 6) is 2.60. The molecule has 3 aliphatic rings. The van der Waals surface area contributed by atoms with Crippen LogP contribution < -0.4 is 25.0 Å². The summed E-state index contributed by atoms with van der Waals surface area (Å²) < 4.78 is 16.9. The van der Waals surface area contributed by atoms with E-state index in [9.17, 15) is 0 Å². The van der Waals surface area contributed by atoms with Crippen LogP contribution in [0.4, 0.5) is 5.69 Å². The van der Waals surface area contributed by atoms with Crippen LogP contribution in [0.1, 0.15) is 45.4 Å². The first-order valence-electron chi connectivity index (χ1n) is 11.7. The average molecular weight is 431 g/mol. The zero-order valence-corrected chi connectivity index (χ0v) is 19.4. The van der Waals surface area contributed by atoms with Crippen molar-refractivity contribution in [3.05, 3.63) is 18.2 Å². The molecule has 1 saturated heterocycles. The van der Waals surface area contributed by atoms with Crippen molar-refractivity contribution >= 4 is 11.6 Å². The molecule has 7 nitrogen and oxygen atoms in total. The molecule has 3 fully saturated rings. The number of hydrogen-bond acceptors (Lipinski definition) is 5. The van der Waals surface area contributed by atoms with Gasteiger partial charge in [0.2, 0.25) is 0 Å². The molecule has 7 heteroatoms. The lowest BCUT2D eigenvalue weighted by molar-refractivity contribution is -0.168. The van der Waals surface area contributed by atoms with Crippen molar-refractivity contribution in [1.82, 2.24) is 10.6 Å². The van der Waals surface area contributed by atoms with Crippen LogP contribution in [0, 0.1) is 5.41 Å². The van der Waals surface area contributed by atoms with Crippen LogP contribution in [0.15, 0.2) is 23.2 Å². The van der Waals surface area contributed by atoms with Gasteiger partial charge in [0.1, 0.15) is 11.5 Å². The predicted octanol–water partition coefficient (Wildman–Crippen LogP) is 3.19. The Balaban J connectivity index is 1.29. The number of guanidine groups is 1. The van der Waals surface area contributed by atoms with Gasteiger partial charge in [0.05, 0.1) is 20.3 Å². The van der Waals surface area contributed by atoms with Gasteiger partial charge in [-0.15, -0.1) is 0 Å². The maximum Gasteiger partial charge on any atom is 0.191 e.